The number of carbonyl (C=O) groups excluding carboxylic acids is 1. The van der Waals surface area contributed by atoms with E-state index < -0.39 is 6.10 Å². The highest BCUT2D eigenvalue weighted by Gasteiger charge is 2.22. The molecule has 0 aromatic heterocycles. The van der Waals surface area contributed by atoms with Crippen LogP contribution in [-0.2, 0) is 26.1 Å². The Kier molecular flexibility index (Phi) is 4.38. The second kappa shape index (κ2) is 5.85. The molecule has 1 unspecified atom stereocenters. The van der Waals surface area contributed by atoms with Crippen molar-refractivity contribution in [3.63, 3.8) is 0 Å². The molecule has 0 N–H and O–H groups in total. The lowest BCUT2D eigenvalue weighted by molar-refractivity contribution is -0.144. The quantitative estimate of drug-likeness (QED) is 0.839. The topological polar surface area (TPSA) is 35.5 Å². The summed E-state index contributed by atoms with van der Waals surface area (Å²) in [5, 5.41) is 0. The van der Waals surface area contributed by atoms with E-state index in [0.717, 1.165) is 5.56 Å². The van der Waals surface area contributed by atoms with Crippen molar-refractivity contribution < 1.29 is 14.3 Å². The summed E-state index contributed by atoms with van der Waals surface area (Å²) in [4.78, 5) is 12.0. The summed E-state index contributed by atoms with van der Waals surface area (Å²) in [5.74, 6) is 0.100. The lowest BCUT2D eigenvalue weighted by Gasteiger charge is -2.22. The first-order valence-corrected chi connectivity index (χ1v) is 6.78. The Morgan fingerprint density at radius 2 is 1.89 bits per heavy atom. The molecule has 1 saturated heterocycles. The molecule has 104 valence electrons. The normalized spacial score (nSPS) is 20.3. The number of carbonyl (C=O) groups is 1. The summed E-state index contributed by atoms with van der Waals surface area (Å²) in [7, 11) is 0. The van der Waals surface area contributed by atoms with Crippen LogP contribution in [0.2, 0.25) is 0 Å². The molecule has 0 radical (unpaired) electrons. The number of ketones is 1. The van der Waals surface area contributed by atoms with E-state index in [9.17, 15) is 4.79 Å². The van der Waals surface area contributed by atoms with E-state index >= 15 is 0 Å². The van der Waals surface area contributed by atoms with E-state index in [0.29, 0.717) is 26.2 Å². The van der Waals surface area contributed by atoms with Crippen molar-refractivity contribution in [3.05, 3.63) is 35.4 Å². The van der Waals surface area contributed by atoms with Crippen LogP contribution < -0.4 is 0 Å². The van der Waals surface area contributed by atoms with Crippen molar-refractivity contribution in [2.75, 3.05) is 19.8 Å². The molecule has 2 rings (SSSR count). The third-order valence-electron chi connectivity index (χ3n) is 3.37. The maximum atomic E-state index is 12.0. The van der Waals surface area contributed by atoms with Gasteiger partial charge in [-0.3, -0.25) is 4.79 Å². The number of rotatable bonds is 3. The number of Topliss-reactive ketones (excluding diaryl/α,β-unsaturated/α-hetero) is 1. The monoisotopic (exact) mass is 262 g/mol. The van der Waals surface area contributed by atoms with E-state index in [1.54, 1.807) is 0 Å². The van der Waals surface area contributed by atoms with Gasteiger partial charge in [0.1, 0.15) is 6.10 Å². The number of ether oxygens (including phenoxy) is 2. The fourth-order valence-corrected chi connectivity index (χ4v) is 2.11. The van der Waals surface area contributed by atoms with Crippen LogP contribution in [0.1, 0.15) is 31.9 Å². The van der Waals surface area contributed by atoms with Gasteiger partial charge in [0.15, 0.2) is 5.78 Å². The Morgan fingerprint density at radius 1 is 1.21 bits per heavy atom. The second-order valence-corrected chi connectivity index (χ2v) is 6.02. The lowest BCUT2D eigenvalue weighted by Crippen LogP contribution is -2.36. The molecule has 1 fully saturated rings. The Bertz CT molecular complexity index is 422. The summed E-state index contributed by atoms with van der Waals surface area (Å²) >= 11 is 0. The highest BCUT2D eigenvalue weighted by atomic mass is 16.6. The molecule has 1 aromatic rings. The average molecular weight is 262 g/mol. The number of benzene rings is 1. The molecular weight excluding hydrogens is 240 g/mol. The van der Waals surface area contributed by atoms with Crippen molar-refractivity contribution in [2.45, 2.75) is 38.7 Å². The van der Waals surface area contributed by atoms with Gasteiger partial charge in [0, 0.05) is 6.42 Å². The number of hydrogen-bond donors (Lipinski definition) is 0. The molecule has 0 aliphatic carbocycles. The fraction of sp³-hybridized carbons (Fsp3) is 0.562. The van der Waals surface area contributed by atoms with Gasteiger partial charge in [0.2, 0.25) is 0 Å². The van der Waals surface area contributed by atoms with E-state index in [2.05, 4.69) is 32.9 Å². The Labute approximate surface area is 114 Å². The summed E-state index contributed by atoms with van der Waals surface area (Å²) in [6, 6.07) is 8.26. The molecule has 1 aliphatic heterocycles. The summed E-state index contributed by atoms with van der Waals surface area (Å²) in [6.07, 6.45) is 0.0226. The molecular formula is C16H22O3. The van der Waals surface area contributed by atoms with Gasteiger partial charge in [-0.1, -0.05) is 45.0 Å². The maximum Gasteiger partial charge on any atom is 0.168 e. The maximum absolute atomic E-state index is 12.0. The number of hydrogen-bond acceptors (Lipinski definition) is 3. The largest absolute Gasteiger partial charge is 0.376 e. The minimum Gasteiger partial charge on any atom is -0.376 e. The molecule has 3 heteroatoms. The SMILES string of the molecule is CC(C)(C)c1ccc(CC(=O)C2COCCO2)cc1. The molecule has 1 aliphatic rings. The highest BCUT2D eigenvalue weighted by Crippen LogP contribution is 2.22. The fourth-order valence-electron chi connectivity index (χ4n) is 2.11. The summed E-state index contributed by atoms with van der Waals surface area (Å²) in [5.41, 5.74) is 2.45. The predicted octanol–water partition coefficient (Wildman–Crippen LogP) is 2.51. The zero-order valence-corrected chi connectivity index (χ0v) is 11.9. The molecule has 19 heavy (non-hydrogen) atoms. The van der Waals surface area contributed by atoms with E-state index in [1.807, 2.05) is 12.1 Å². The average Bonchev–Trinajstić information content (AvgIpc) is 2.39. The predicted molar refractivity (Wildman–Crippen MR) is 74.4 cm³/mol. The first kappa shape index (κ1) is 14.2. The molecule has 0 bridgehead atoms. The van der Waals surface area contributed by atoms with Crippen LogP contribution in [0.25, 0.3) is 0 Å². The first-order chi connectivity index (χ1) is 8.97. The van der Waals surface area contributed by atoms with Gasteiger partial charge in [0.25, 0.3) is 0 Å². The van der Waals surface area contributed by atoms with Gasteiger partial charge >= 0.3 is 0 Å². The highest BCUT2D eigenvalue weighted by molar-refractivity contribution is 5.85. The lowest BCUT2D eigenvalue weighted by atomic mass is 9.86. The Balaban J connectivity index is 1.97. The Morgan fingerprint density at radius 3 is 2.42 bits per heavy atom. The summed E-state index contributed by atoms with van der Waals surface area (Å²) in [6.45, 7) is 8.03. The van der Waals surface area contributed by atoms with Crippen molar-refractivity contribution in [3.8, 4) is 0 Å². The zero-order valence-electron chi connectivity index (χ0n) is 11.9. The van der Waals surface area contributed by atoms with Gasteiger partial charge < -0.3 is 9.47 Å². The standard InChI is InChI=1S/C16H22O3/c1-16(2,3)13-6-4-12(5-7-13)10-14(17)15-11-18-8-9-19-15/h4-7,15H,8-11H2,1-3H3. The molecule has 0 amide bonds. The van der Waals surface area contributed by atoms with Crippen LogP contribution in [0.4, 0.5) is 0 Å². The van der Waals surface area contributed by atoms with Crippen LogP contribution >= 0.6 is 0 Å². The molecule has 1 atom stereocenters. The minimum absolute atomic E-state index is 0.100. The molecule has 1 aromatic carbocycles. The molecule has 0 saturated carbocycles. The first-order valence-electron chi connectivity index (χ1n) is 6.78. The van der Waals surface area contributed by atoms with Crippen molar-refractivity contribution in [2.24, 2.45) is 0 Å². The Hall–Kier alpha value is -1.19. The van der Waals surface area contributed by atoms with Crippen LogP contribution in [0, 0.1) is 0 Å². The second-order valence-electron chi connectivity index (χ2n) is 6.02. The molecule has 3 nitrogen and oxygen atoms in total. The zero-order chi connectivity index (χ0) is 13.9. The third kappa shape index (κ3) is 3.88. The van der Waals surface area contributed by atoms with E-state index in [4.69, 9.17) is 9.47 Å². The molecule has 0 spiro atoms. The van der Waals surface area contributed by atoms with Crippen LogP contribution in [0.15, 0.2) is 24.3 Å². The van der Waals surface area contributed by atoms with E-state index in [1.165, 1.54) is 5.56 Å². The van der Waals surface area contributed by atoms with Crippen LogP contribution in [0.3, 0.4) is 0 Å². The van der Waals surface area contributed by atoms with Crippen LogP contribution in [0.5, 0.6) is 0 Å². The van der Waals surface area contributed by atoms with Gasteiger partial charge in [-0.25, -0.2) is 0 Å². The van der Waals surface area contributed by atoms with E-state index in [-0.39, 0.29) is 11.2 Å². The van der Waals surface area contributed by atoms with Crippen molar-refractivity contribution in [1.29, 1.82) is 0 Å². The summed E-state index contributed by atoms with van der Waals surface area (Å²) < 4.78 is 10.7. The van der Waals surface area contributed by atoms with Gasteiger partial charge in [-0.15, -0.1) is 0 Å². The smallest absolute Gasteiger partial charge is 0.168 e. The van der Waals surface area contributed by atoms with Gasteiger partial charge in [-0.05, 0) is 16.5 Å². The third-order valence-corrected chi connectivity index (χ3v) is 3.37. The van der Waals surface area contributed by atoms with Crippen molar-refractivity contribution in [1.82, 2.24) is 0 Å². The van der Waals surface area contributed by atoms with Crippen molar-refractivity contribution >= 4 is 5.78 Å². The van der Waals surface area contributed by atoms with Gasteiger partial charge in [0.05, 0.1) is 19.8 Å². The van der Waals surface area contributed by atoms with Crippen LogP contribution in [-0.4, -0.2) is 31.7 Å². The minimum atomic E-state index is -0.393. The molecule has 1 heterocycles. The van der Waals surface area contributed by atoms with Gasteiger partial charge in [-0.2, -0.15) is 0 Å².